The standard InChI is InChI=1S/C24H50/c1-5-7-21-24(6-2)22-19-17-15-13-11-9-8-10-12-14-16-18-20-23(3)4/h23-24H,5-22H2,1-4H3. The normalized spacial score (nSPS) is 12.9. The fourth-order valence-corrected chi connectivity index (χ4v) is 3.80. The molecule has 0 fully saturated rings. The summed E-state index contributed by atoms with van der Waals surface area (Å²) < 4.78 is 0. The molecule has 0 aliphatic rings. The van der Waals surface area contributed by atoms with E-state index < -0.39 is 0 Å². The molecule has 0 aromatic rings. The first kappa shape index (κ1) is 24.0. The van der Waals surface area contributed by atoms with E-state index in [2.05, 4.69) is 27.7 Å². The van der Waals surface area contributed by atoms with Crippen LogP contribution in [0.3, 0.4) is 0 Å². The minimum absolute atomic E-state index is 0.897. The van der Waals surface area contributed by atoms with Gasteiger partial charge in [0.2, 0.25) is 0 Å². The molecule has 0 heteroatoms. The van der Waals surface area contributed by atoms with E-state index in [-0.39, 0.29) is 0 Å². The van der Waals surface area contributed by atoms with Crippen LogP contribution in [0.15, 0.2) is 0 Å². The number of rotatable bonds is 19. The van der Waals surface area contributed by atoms with Gasteiger partial charge in [-0.15, -0.1) is 0 Å². The van der Waals surface area contributed by atoms with Crippen LogP contribution >= 0.6 is 0 Å². The lowest BCUT2D eigenvalue weighted by atomic mass is 9.93. The van der Waals surface area contributed by atoms with E-state index in [0.717, 1.165) is 11.8 Å². The molecule has 0 spiro atoms. The molecule has 0 saturated carbocycles. The van der Waals surface area contributed by atoms with Crippen LogP contribution in [0.5, 0.6) is 0 Å². The molecule has 1 atom stereocenters. The van der Waals surface area contributed by atoms with Crippen molar-refractivity contribution in [2.75, 3.05) is 0 Å². The molecule has 0 saturated heterocycles. The summed E-state index contributed by atoms with van der Waals surface area (Å²) in [5.74, 6) is 1.92. The third kappa shape index (κ3) is 18.3. The Morgan fingerprint density at radius 1 is 0.458 bits per heavy atom. The summed E-state index contributed by atoms with van der Waals surface area (Å²) in [4.78, 5) is 0. The zero-order valence-corrected chi connectivity index (χ0v) is 17.9. The third-order valence-corrected chi connectivity index (χ3v) is 5.69. The molecular weight excluding hydrogens is 288 g/mol. The molecule has 0 radical (unpaired) electrons. The van der Waals surface area contributed by atoms with Crippen molar-refractivity contribution < 1.29 is 0 Å². The highest BCUT2D eigenvalue weighted by Crippen LogP contribution is 2.20. The van der Waals surface area contributed by atoms with Gasteiger partial charge in [-0.1, -0.05) is 143 Å². The van der Waals surface area contributed by atoms with Gasteiger partial charge in [-0.2, -0.15) is 0 Å². The van der Waals surface area contributed by atoms with Gasteiger partial charge in [0.15, 0.2) is 0 Å². The predicted molar refractivity (Wildman–Crippen MR) is 113 cm³/mol. The lowest BCUT2D eigenvalue weighted by molar-refractivity contribution is 0.399. The van der Waals surface area contributed by atoms with Crippen molar-refractivity contribution in [3.63, 3.8) is 0 Å². The Morgan fingerprint density at radius 3 is 1.21 bits per heavy atom. The fraction of sp³-hybridized carbons (Fsp3) is 1.00. The molecule has 0 nitrogen and oxygen atoms in total. The highest BCUT2D eigenvalue weighted by Gasteiger charge is 2.05. The molecule has 0 N–H and O–H groups in total. The van der Waals surface area contributed by atoms with Gasteiger partial charge < -0.3 is 0 Å². The lowest BCUT2D eigenvalue weighted by Crippen LogP contribution is -1.98. The van der Waals surface area contributed by atoms with Gasteiger partial charge in [0.1, 0.15) is 0 Å². The Hall–Kier alpha value is 0. The average molecular weight is 339 g/mol. The predicted octanol–water partition coefficient (Wildman–Crippen LogP) is 9.32. The topological polar surface area (TPSA) is 0 Å². The van der Waals surface area contributed by atoms with Crippen LogP contribution in [0, 0.1) is 11.8 Å². The summed E-state index contributed by atoms with van der Waals surface area (Å²) in [5.41, 5.74) is 0. The van der Waals surface area contributed by atoms with Gasteiger partial charge in [0, 0.05) is 0 Å². The van der Waals surface area contributed by atoms with Gasteiger partial charge in [0.25, 0.3) is 0 Å². The van der Waals surface area contributed by atoms with Crippen molar-refractivity contribution in [2.24, 2.45) is 11.8 Å². The Balaban J connectivity index is 3.14. The van der Waals surface area contributed by atoms with Crippen LogP contribution in [0.1, 0.15) is 143 Å². The molecule has 0 amide bonds. The Labute approximate surface area is 155 Å². The zero-order chi connectivity index (χ0) is 17.9. The van der Waals surface area contributed by atoms with E-state index in [1.165, 1.54) is 116 Å². The molecule has 146 valence electrons. The van der Waals surface area contributed by atoms with E-state index in [1.54, 1.807) is 0 Å². The molecule has 0 bridgehead atoms. The van der Waals surface area contributed by atoms with E-state index in [9.17, 15) is 0 Å². The first-order chi connectivity index (χ1) is 11.7. The summed E-state index contributed by atoms with van der Waals surface area (Å²) in [6, 6.07) is 0. The van der Waals surface area contributed by atoms with Crippen molar-refractivity contribution in [2.45, 2.75) is 143 Å². The first-order valence-electron chi connectivity index (χ1n) is 11.7. The van der Waals surface area contributed by atoms with Crippen LogP contribution < -0.4 is 0 Å². The first-order valence-corrected chi connectivity index (χ1v) is 11.7. The van der Waals surface area contributed by atoms with Crippen molar-refractivity contribution in [3.05, 3.63) is 0 Å². The van der Waals surface area contributed by atoms with Crippen molar-refractivity contribution in [3.8, 4) is 0 Å². The third-order valence-electron chi connectivity index (χ3n) is 5.69. The monoisotopic (exact) mass is 338 g/mol. The summed E-state index contributed by atoms with van der Waals surface area (Å²) in [5, 5.41) is 0. The van der Waals surface area contributed by atoms with Crippen molar-refractivity contribution in [1.29, 1.82) is 0 Å². The molecule has 0 aliphatic carbocycles. The van der Waals surface area contributed by atoms with E-state index in [4.69, 9.17) is 0 Å². The lowest BCUT2D eigenvalue weighted by Gasteiger charge is -2.13. The van der Waals surface area contributed by atoms with E-state index in [0.29, 0.717) is 0 Å². The minimum Gasteiger partial charge on any atom is -0.0654 e. The molecule has 1 unspecified atom stereocenters. The largest absolute Gasteiger partial charge is 0.0654 e. The summed E-state index contributed by atoms with van der Waals surface area (Å²) in [7, 11) is 0. The number of hydrogen-bond acceptors (Lipinski definition) is 0. The second-order valence-corrected chi connectivity index (χ2v) is 8.63. The molecule has 0 aromatic carbocycles. The number of unbranched alkanes of at least 4 members (excludes halogenated alkanes) is 12. The Bertz CT molecular complexity index is 218. The van der Waals surface area contributed by atoms with Crippen LogP contribution in [-0.2, 0) is 0 Å². The maximum Gasteiger partial charge on any atom is -0.0417 e. The SMILES string of the molecule is CCCCC(CC)CCCCCCCCCCCCCCC(C)C. The molecule has 0 aromatic heterocycles. The summed E-state index contributed by atoms with van der Waals surface area (Å²) in [6.45, 7) is 9.38. The summed E-state index contributed by atoms with van der Waals surface area (Å²) in [6.07, 6.45) is 26.4. The highest BCUT2D eigenvalue weighted by molar-refractivity contribution is 4.58. The molecule has 0 rings (SSSR count). The highest BCUT2D eigenvalue weighted by atomic mass is 14.1. The van der Waals surface area contributed by atoms with Gasteiger partial charge >= 0.3 is 0 Å². The Kier molecular flexibility index (Phi) is 19.3. The molecule has 24 heavy (non-hydrogen) atoms. The van der Waals surface area contributed by atoms with Crippen molar-refractivity contribution >= 4 is 0 Å². The maximum atomic E-state index is 2.38. The quantitative estimate of drug-likeness (QED) is 0.206. The van der Waals surface area contributed by atoms with E-state index >= 15 is 0 Å². The van der Waals surface area contributed by atoms with Crippen LogP contribution in [0.2, 0.25) is 0 Å². The van der Waals surface area contributed by atoms with Gasteiger partial charge in [0.05, 0.1) is 0 Å². The maximum absolute atomic E-state index is 2.38. The Morgan fingerprint density at radius 2 is 0.833 bits per heavy atom. The van der Waals surface area contributed by atoms with Gasteiger partial charge in [-0.3, -0.25) is 0 Å². The van der Waals surface area contributed by atoms with Crippen LogP contribution in [-0.4, -0.2) is 0 Å². The van der Waals surface area contributed by atoms with Crippen LogP contribution in [0.4, 0.5) is 0 Å². The molecule has 0 heterocycles. The second kappa shape index (κ2) is 19.3. The van der Waals surface area contributed by atoms with E-state index in [1.807, 2.05) is 0 Å². The summed E-state index contributed by atoms with van der Waals surface area (Å²) >= 11 is 0. The fourth-order valence-electron chi connectivity index (χ4n) is 3.80. The van der Waals surface area contributed by atoms with Gasteiger partial charge in [-0.25, -0.2) is 0 Å². The van der Waals surface area contributed by atoms with Crippen molar-refractivity contribution in [1.82, 2.24) is 0 Å². The minimum atomic E-state index is 0.897. The zero-order valence-electron chi connectivity index (χ0n) is 17.9. The van der Waals surface area contributed by atoms with Crippen LogP contribution in [0.25, 0.3) is 0 Å². The molecular formula is C24H50. The average Bonchev–Trinajstić information content (AvgIpc) is 2.57. The number of hydrogen-bond donors (Lipinski definition) is 0. The smallest absolute Gasteiger partial charge is 0.0417 e. The van der Waals surface area contributed by atoms with Gasteiger partial charge in [-0.05, 0) is 11.8 Å². The second-order valence-electron chi connectivity index (χ2n) is 8.63. The molecule has 0 aliphatic heterocycles.